The van der Waals surface area contributed by atoms with Gasteiger partial charge in [0.15, 0.2) is 5.75 Å². The van der Waals surface area contributed by atoms with Crippen molar-refractivity contribution in [3.05, 3.63) is 48.5 Å². The van der Waals surface area contributed by atoms with Crippen LogP contribution in [0, 0.1) is 11.8 Å². The van der Waals surface area contributed by atoms with Crippen LogP contribution in [-0.2, 0) is 9.59 Å². The zero-order chi connectivity index (χ0) is 24.8. The van der Waals surface area contributed by atoms with E-state index in [9.17, 15) is 22.8 Å². The fraction of sp³-hybridized carbons (Fsp3) is 0.462. The fourth-order valence-corrected chi connectivity index (χ4v) is 4.70. The number of nitrogens with one attached hydrogen (secondary N) is 1. The van der Waals surface area contributed by atoms with Gasteiger partial charge in [-0.3, -0.25) is 9.59 Å². The second-order valence-electron chi connectivity index (χ2n) is 9.04. The molecule has 1 saturated heterocycles. The van der Waals surface area contributed by atoms with E-state index in [0.717, 1.165) is 37.8 Å². The fourth-order valence-electron chi connectivity index (χ4n) is 4.70. The van der Waals surface area contributed by atoms with Crippen molar-refractivity contribution in [1.82, 2.24) is 4.90 Å². The summed E-state index contributed by atoms with van der Waals surface area (Å²) in [5.74, 6) is 0.337. The number of anilines is 1. The van der Waals surface area contributed by atoms with E-state index in [4.69, 9.17) is 4.74 Å². The number of likely N-dealkylation sites (tertiary alicyclic amines) is 1. The van der Waals surface area contributed by atoms with E-state index < -0.39 is 6.36 Å². The number of hydrogen-bond acceptors (Lipinski definition) is 4. The van der Waals surface area contributed by atoms with E-state index in [1.165, 1.54) is 18.6 Å². The molecule has 2 amide bonds. The summed E-state index contributed by atoms with van der Waals surface area (Å²) < 4.78 is 46.7. The first-order valence-corrected chi connectivity index (χ1v) is 12.0. The molecule has 2 aliphatic rings. The smallest absolute Gasteiger partial charge is 0.455 e. The van der Waals surface area contributed by atoms with Gasteiger partial charge >= 0.3 is 6.36 Å². The molecule has 0 radical (unpaired) electrons. The van der Waals surface area contributed by atoms with Gasteiger partial charge in [-0.15, -0.1) is 13.2 Å². The molecule has 0 aromatic heterocycles. The third-order valence-electron chi connectivity index (χ3n) is 6.56. The molecule has 0 bridgehead atoms. The van der Waals surface area contributed by atoms with Gasteiger partial charge in [-0.1, -0.05) is 31.4 Å². The highest BCUT2D eigenvalue weighted by molar-refractivity contribution is 5.94. The van der Waals surface area contributed by atoms with Crippen LogP contribution in [0.1, 0.15) is 44.9 Å². The Hall–Kier alpha value is -3.23. The Morgan fingerprint density at radius 3 is 2.11 bits per heavy atom. The Kier molecular flexibility index (Phi) is 7.83. The molecule has 0 atom stereocenters. The summed E-state index contributed by atoms with van der Waals surface area (Å²) in [7, 11) is 0. The quantitative estimate of drug-likeness (QED) is 0.529. The molecule has 0 spiro atoms. The number of amides is 2. The van der Waals surface area contributed by atoms with Crippen LogP contribution in [0.15, 0.2) is 48.5 Å². The third-order valence-corrected chi connectivity index (χ3v) is 6.56. The molecular weight excluding hydrogens is 461 g/mol. The van der Waals surface area contributed by atoms with Crippen molar-refractivity contribution in [3.63, 3.8) is 0 Å². The predicted octanol–water partition coefficient (Wildman–Crippen LogP) is 6.13. The summed E-state index contributed by atoms with van der Waals surface area (Å²) in [5.41, 5.74) is 0.467. The van der Waals surface area contributed by atoms with E-state index >= 15 is 0 Å². The molecule has 1 aliphatic heterocycles. The van der Waals surface area contributed by atoms with Gasteiger partial charge in [0, 0.05) is 24.9 Å². The van der Waals surface area contributed by atoms with Crippen molar-refractivity contribution in [2.24, 2.45) is 11.8 Å². The maximum atomic E-state index is 12.9. The topological polar surface area (TPSA) is 67.9 Å². The van der Waals surface area contributed by atoms with Gasteiger partial charge in [0.25, 0.3) is 0 Å². The maximum Gasteiger partial charge on any atom is 0.573 e. The predicted molar refractivity (Wildman–Crippen MR) is 124 cm³/mol. The average molecular weight is 491 g/mol. The van der Waals surface area contributed by atoms with Gasteiger partial charge in [0.2, 0.25) is 11.8 Å². The van der Waals surface area contributed by atoms with Crippen molar-refractivity contribution < 1.29 is 32.2 Å². The number of piperidine rings is 1. The highest BCUT2D eigenvalue weighted by Gasteiger charge is 2.32. The number of alkyl halides is 3. The lowest BCUT2D eigenvalue weighted by atomic mass is 9.87. The van der Waals surface area contributed by atoms with Crippen LogP contribution in [0.4, 0.5) is 18.9 Å². The normalized spacial score (nSPS) is 17.6. The Balaban J connectivity index is 1.32. The van der Waals surface area contributed by atoms with Crippen LogP contribution in [-0.4, -0.2) is 36.2 Å². The van der Waals surface area contributed by atoms with Gasteiger partial charge in [-0.25, -0.2) is 0 Å². The Morgan fingerprint density at radius 2 is 1.46 bits per heavy atom. The number of para-hydroxylation sites is 2. The van der Waals surface area contributed by atoms with Crippen molar-refractivity contribution >= 4 is 17.5 Å². The lowest BCUT2D eigenvalue weighted by molar-refractivity contribution is -0.274. The number of hydrogen-bond donors (Lipinski definition) is 1. The van der Waals surface area contributed by atoms with Gasteiger partial charge in [-0.05, 0) is 62.1 Å². The number of carbonyl (C=O) groups excluding carboxylic acids is 2. The molecule has 1 N–H and O–H groups in total. The Labute approximate surface area is 202 Å². The van der Waals surface area contributed by atoms with Crippen LogP contribution >= 0.6 is 0 Å². The number of nitrogens with zero attached hydrogens (tertiary/aromatic N) is 1. The summed E-state index contributed by atoms with van der Waals surface area (Å²) >= 11 is 0. The molecule has 1 aliphatic carbocycles. The molecule has 188 valence electrons. The first kappa shape index (κ1) is 24.9. The molecule has 0 unspecified atom stereocenters. The van der Waals surface area contributed by atoms with E-state index in [2.05, 4.69) is 10.1 Å². The summed E-state index contributed by atoms with van der Waals surface area (Å²) in [4.78, 5) is 27.6. The third kappa shape index (κ3) is 6.90. The largest absolute Gasteiger partial charge is 0.573 e. The number of ether oxygens (including phenoxy) is 2. The van der Waals surface area contributed by atoms with Gasteiger partial charge < -0.3 is 19.7 Å². The highest BCUT2D eigenvalue weighted by atomic mass is 19.4. The monoisotopic (exact) mass is 490 g/mol. The highest BCUT2D eigenvalue weighted by Crippen LogP contribution is 2.33. The Morgan fingerprint density at radius 1 is 0.829 bits per heavy atom. The van der Waals surface area contributed by atoms with Crippen LogP contribution in [0.2, 0.25) is 0 Å². The second-order valence-corrected chi connectivity index (χ2v) is 9.04. The second kappa shape index (κ2) is 11.0. The molecule has 2 fully saturated rings. The van der Waals surface area contributed by atoms with E-state index in [1.54, 1.807) is 24.3 Å². The standard InChI is InChI=1S/C26H29F3N2O4/c27-26(28,29)35-21-12-10-20(11-13-21)34-23-9-5-4-8-22(23)30-24(32)18-14-16-31(17-15-18)25(33)19-6-2-1-3-7-19/h4-5,8-13,18-19H,1-3,6-7,14-17H2,(H,30,32). The first-order chi connectivity index (χ1) is 16.8. The molecule has 2 aromatic rings. The minimum atomic E-state index is -4.77. The van der Waals surface area contributed by atoms with Crippen LogP contribution in [0.5, 0.6) is 17.2 Å². The van der Waals surface area contributed by atoms with Crippen molar-refractivity contribution in [2.45, 2.75) is 51.3 Å². The summed E-state index contributed by atoms with van der Waals surface area (Å²) in [6.07, 6.45) is 1.81. The molecule has 9 heteroatoms. The molecule has 4 rings (SSSR count). The molecule has 6 nitrogen and oxygen atoms in total. The lowest BCUT2D eigenvalue weighted by Crippen LogP contribution is -2.44. The van der Waals surface area contributed by atoms with E-state index in [0.29, 0.717) is 43.1 Å². The molecule has 1 heterocycles. The van der Waals surface area contributed by atoms with E-state index in [1.807, 2.05) is 4.90 Å². The van der Waals surface area contributed by atoms with Crippen LogP contribution in [0.25, 0.3) is 0 Å². The van der Waals surface area contributed by atoms with Crippen molar-refractivity contribution in [2.75, 3.05) is 18.4 Å². The lowest BCUT2D eigenvalue weighted by Gasteiger charge is -2.34. The molecule has 1 saturated carbocycles. The SMILES string of the molecule is O=C(Nc1ccccc1Oc1ccc(OC(F)(F)F)cc1)C1CCN(C(=O)C2CCCCC2)CC1. The minimum absolute atomic E-state index is 0.132. The van der Waals surface area contributed by atoms with Gasteiger partial charge in [0.1, 0.15) is 11.5 Å². The Bertz CT molecular complexity index is 1010. The number of carbonyl (C=O) groups is 2. The number of benzene rings is 2. The number of rotatable bonds is 6. The van der Waals surface area contributed by atoms with E-state index in [-0.39, 0.29) is 29.4 Å². The summed E-state index contributed by atoms with van der Waals surface area (Å²) in [5, 5.41) is 2.91. The minimum Gasteiger partial charge on any atom is -0.455 e. The maximum absolute atomic E-state index is 12.9. The zero-order valence-electron chi connectivity index (χ0n) is 19.4. The molecular formula is C26H29F3N2O4. The summed E-state index contributed by atoms with van der Waals surface area (Å²) in [6.45, 7) is 1.16. The molecule has 35 heavy (non-hydrogen) atoms. The van der Waals surface area contributed by atoms with Crippen LogP contribution < -0.4 is 14.8 Å². The zero-order valence-corrected chi connectivity index (χ0v) is 19.4. The van der Waals surface area contributed by atoms with Gasteiger partial charge in [0.05, 0.1) is 5.69 Å². The summed E-state index contributed by atoms with van der Waals surface area (Å²) in [6, 6.07) is 11.9. The number of halogens is 3. The van der Waals surface area contributed by atoms with Crippen molar-refractivity contribution in [1.29, 1.82) is 0 Å². The van der Waals surface area contributed by atoms with Crippen molar-refractivity contribution in [3.8, 4) is 17.2 Å². The average Bonchev–Trinajstić information content (AvgIpc) is 2.85. The first-order valence-electron chi connectivity index (χ1n) is 12.0. The van der Waals surface area contributed by atoms with Crippen LogP contribution in [0.3, 0.4) is 0 Å². The van der Waals surface area contributed by atoms with Gasteiger partial charge in [-0.2, -0.15) is 0 Å². The molecule has 2 aromatic carbocycles.